The van der Waals surface area contributed by atoms with E-state index in [0.29, 0.717) is 6.04 Å². The van der Waals surface area contributed by atoms with Crippen molar-refractivity contribution in [2.24, 2.45) is 5.92 Å². The van der Waals surface area contributed by atoms with Gasteiger partial charge in [0.2, 0.25) is 0 Å². The van der Waals surface area contributed by atoms with E-state index in [1.807, 2.05) is 0 Å². The summed E-state index contributed by atoms with van der Waals surface area (Å²) in [7, 11) is 0. The first-order valence-corrected chi connectivity index (χ1v) is 7.13. The minimum atomic E-state index is 0.660. The second-order valence-corrected chi connectivity index (χ2v) is 5.41. The van der Waals surface area contributed by atoms with Crippen molar-refractivity contribution < 1.29 is 0 Å². The summed E-state index contributed by atoms with van der Waals surface area (Å²) in [5, 5.41) is 3.70. The number of nitrogens with one attached hydrogen (secondary N) is 1. The van der Waals surface area contributed by atoms with E-state index in [2.05, 4.69) is 42.6 Å². The Hall–Kier alpha value is -0.820. The number of hydrogen-bond acceptors (Lipinski definition) is 1. The molecule has 1 aromatic rings. The minimum Gasteiger partial charge on any atom is -0.310 e. The average Bonchev–Trinajstić information content (AvgIpc) is 2.66. The first-order chi connectivity index (χ1) is 8.36. The second-order valence-electron chi connectivity index (χ2n) is 5.41. The van der Waals surface area contributed by atoms with Gasteiger partial charge in [0, 0.05) is 12.6 Å². The Morgan fingerprint density at radius 2 is 1.71 bits per heavy atom. The van der Waals surface area contributed by atoms with Crippen LogP contribution >= 0.6 is 0 Å². The topological polar surface area (TPSA) is 12.0 Å². The maximum Gasteiger partial charge on any atom is 0.0208 e. The fourth-order valence-corrected chi connectivity index (χ4v) is 2.85. The van der Waals surface area contributed by atoms with Crippen molar-refractivity contribution in [1.82, 2.24) is 5.32 Å². The molecule has 0 saturated heterocycles. The van der Waals surface area contributed by atoms with Gasteiger partial charge in [-0.2, -0.15) is 0 Å². The summed E-state index contributed by atoms with van der Waals surface area (Å²) in [5.74, 6) is 0.890. The van der Waals surface area contributed by atoms with Crippen molar-refractivity contribution in [3.63, 3.8) is 0 Å². The molecule has 0 unspecified atom stereocenters. The molecule has 0 aliphatic heterocycles. The van der Waals surface area contributed by atoms with Crippen LogP contribution in [0.25, 0.3) is 0 Å². The van der Waals surface area contributed by atoms with E-state index in [4.69, 9.17) is 0 Å². The maximum atomic E-state index is 3.70. The lowest BCUT2D eigenvalue weighted by Crippen LogP contribution is -2.32. The summed E-state index contributed by atoms with van der Waals surface area (Å²) >= 11 is 0. The molecular weight excluding hydrogens is 206 g/mol. The van der Waals surface area contributed by atoms with Gasteiger partial charge in [0.05, 0.1) is 0 Å². The van der Waals surface area contributed by atoms with E-state index < -0.39 is 0 Å². The average molecular weight is 231 g/mol. The Morgan fingerprint density at radius 1 is 1.06 bits per heavy atom. The van der Waals surface area contributed by atoms with Crippen molar-refractivity contribution in [3.8, 4) is 0 Å². The first-order valence-electron chi connectivity index (χ1n) is 7.13. The molecule has 0 spiro atoms. The number of hydrogen-bond donors (Lipinski definition) is 1. The van der Waals surface area contributed by atoms with Gasteiger partial charge in [-0.15, -0.1) is 0 Å². The molecule has 1 aliphatic carbocycles. The SMILES string of the molecule is C[C@@H](NCc1ccccc1)C1CCCCCC1. The molecule has 1 nitrogen and oxygen atoms in total. The molecule has 0 aromatic heterocycles. The van der Waals surface area contributed by atoms with Gasteiger partial charge in [-0.1, -0.05) is 56.0 Å². The molecular formula is C16H25N. The predicted molar refractivity (Wildman–Crippen MR) is 73.9 cm³/mol. The van der Waals surface area contributed by atoms with Crippen LogP contribution in [0.1, 0.15) is 51.0 Å². The van der Waals surface area contributed by atoms with Crippen LogP contribution in [0.15, 0.2) is 30.3 Å². The van der Waals surface area contributed by atoms with Crippen molar-refractivity contribution in [2.45, 2.75) is 58.0 Å². The van der Waals surface area contributed by atoms with Crippen LogP contribution in [0, 0.1) is 5.92 Å². The summed E-state index contributed by atoms with van der Waals surface area (Å²) in [6, 6.07) is 11.4. The van der Waals surface area contributed by atoms with Crippen molar-refractivity contribution in [1.29, 1.82) is 0 Å². The van der Waals surface area contributed by atoms with E-state index in [1.54, 1.807) is 0 Å². The van der Waals surface area contributed by atoms with Crippen LogP contribution in [0.3, 0.4) is 0 Å². The lowest BCUT2D eigenvalue weighted by Gasteiger charge is -2.23. The zero-order chi connectivity index (χ0) is 11.9. The highest BCUT2D eigenvalue weighted by atomic mass is 14.9. The molecule has 0 radical (unpaired) electrons. The highest BCUT2D eigenvalue weighted by Gasteiger charge is 2.18. The zero-order valence-corrected chi connectivity index (χ0v) is 11.0. The molecule has 1 fully saturated rings. The monoisotopic (exact) mass is 231 g/mol. The molecule has 1 heteroatoms. The fourth-order valence-electron chi connectivity index (χ4n) is 2.85. The van der Waals surface area contributed by atoms with Gasteiger partial charge < -0.3 is 5.32 Å². The van der Waals surface area contributed by atoms with Crippen LogP contribution in [0.4, 0.5) is 0 Å². The normalized spacial score (nSPS) is 19.8. The number of benzene rings is 1. The van der Waals surface area contributed by atoms with Gasteiger partial charge in [0.25, 0.3) is 0 Å². The Morgan fingerprint density at radius 3 is 2.35 bits per heavy atom. The zero-order valence-electron chi connectivity index (χ0n) is 11.0. The van der Waals surface area contributed by atoms with Crippen LogP contribution in [0.2, 0.25) is 0 Å². The van der Waals surface area contributed by atoms with Crippen molar-refractivity contribution in [3.05, 3.63) is 35.9 Å². The Bertz CT molecular complexity index is 299. The molecule has 1 atom stereocenters. The molecule has 94 valence electrons. The molecule has 0 heterocycles. The predicted octanol–water partition coefficient (Wildman–Crippen LogP) is 4.14. The van der Waals surface area contributed by atoms with Gasteiger partial charge in [-0.25, -0.2) is 0 Å². The van der Waals surface area contributed by atoms with E-state index in [0.717, 1.165) is 12.5 Å². The van der Waals surface area contributed by atoms with E-state index in [-0.39, 0.29) is 0 Å². The first kappa shape index (κ1) is 12.6. The van der Waals surface area contributed by atoms with Crippen LogP contribution in [0.5, 0.6) is 0 Å². The third-order valence-corrected chi connectivity index (χ3v) is 4.08. The summed E-state index contributed by atoms with van der Waals surface area (Å²) < 4.78 is 0. The molecule has 0 bridgehead atoms. The van der Waals surface area contributed by atoms with Gasteiger partial charge in [-0.3, -0.25) is 0 Å². The second kappa shape index (κ2) is 6.80. The lowest BCUT2D eigenvalue weighted by atomic mass is 9.93. The molecule has 1 aromatic carbocycles. The van der Waals surface area contributed by atoms with Crippen LogP contribution in [-0.4, -0.2) is 6.04 Å². The minimum absolute atomic E-state index is 0.660. The Kier molecular flexibility index (Phi) is 5.06. The molecule has 1 N–H and O–H groups in total. The lowest BCUT2D eigenvalue weighted by molar-refractivity contribution is 0.336. The number of rotatable bonds is 4. The van der Waals surface area contributed by atoms with Gasteiger partial charge in [0.1, 0.15) is 0 Å². The highest BCUT2D eigenvalue weighted by molar-refractivity contribution is 5.14. The quantitative estimate of drug-likeness (QED) is 0.768. The molecule has 1 saturated carbocycles. The standard InChI is InChI=1S/C16H25N/c1-14(16-11-7-2-3-8-12-16)17-13-15-9-5-4-6-10-15/h4-6,9-10,14,16-17H,2-3,7-8,11-13H2,1H3/t14-/m1/s1. The van der Waals surface area contributed by atoms with Crippen molar-refractivity contribution >= 4 is 0 Å². The van der Waals surface area contributed by atoms with E-state index in [1.165, 1.54) is 44.1 Å². The van der Waals surface area contributed by atoms with Crippen LogP contribution in [-0.2, 0) is 6.54 Å². The van der Waals surface area contributed by atoms with Gasteiger partial charge in [-0.05, 0) is 31.2 Å². The molecule has 0 amide bonds. The van der Waals surface area contributed by atoms with Crippen LogP contribution < -0.4 is 5.32 Å². The summed E-state index contributed by atoms with van der Waals surface area (Å²) in [5.41, 5.74) is 1.40. The maximum absolute atomic E-state index is 3.70. The Labute approximate surface area is 106 Å². The summed E-state index contributed by atoms with van der Waals surface area (Å²) in [6.45, 7) is 3.37. The molecule has 1 aliphatic rings. The smallest absolute Gasteiger partial charge is 0.0208 e. The van der Waals surface area contributed by atoms with Gasteiger partial charge >= 0.3 is 0 Å². The van der Waals surface area contributed by atoms with Gasteiger partial charge in [0.15, 0.2) is 0 Å². The summed E-state index contributed by atoms with van der Waals surface area (Å²) in [4.78, 5) is 0. The molecule has 2 rings (SSSR count). The third kappa shape index (κ3) is 4.16. The largest absolute Gasteiger partial charge is 0.310 e. The summed E-state index contributed by atoms with van der Waals surface area (Å²) in [6.07, 6.45) is 8.60. The van der Waals surface area contributed by atoms with E-state index in [9.17, 15) is 0 Å². The Balaban J connectivity index is 1.78. The third-order valence-electron chi connectivity index (χ3n) is 4.08. The van der Waals surface area contributed by atoms with Crippen molar-refractivity contribution in [2.75, 3.05) is 0 Å². The fraction of sp³-hybridized carbons (Fsp3) is 0.625. The highest BCUT2D eigenvalue weighted by Crippen LogP contribution is 2.25. The van der Waals surface area contributed by atoms with E-state index >= 15 is 0 Å². The molecule has 17 heavy (non-hydrogen) atoms.